The fraction of sp³-hybridized carbons (Fsp3) is 0.526. The number of fused-ring (bicyclic) bond motifs is 3. The average Bonchev–Trinajstić information content (AvgIpc) is 3.28. The van der Waals surface area contributed by atoms with E-state index in [0.29, 0.717) is 5.92 Å². The molecule has 1 aromatic rings. The van der Waals surface area contributed by atoms with E-state index in [2.05, 4.69) is 12.2 Å². The fourth-order valence-electron chi connectivity index (χ4n) is 4.47. The maximum atomic E-state index is 12.2. The van der Waals surface area contributed by atoms with Gasteiger partial charge in [-0.05, 0) is 67.7 Å². The predicted molar refractivity (Wildman–Crippen MR) is 88.1 cm³/mol. The molecule has 1 amide bonds. The van der Waals surface area contributed by atoms with Crippen LogP contribution in [0.25, 0.3) is 6.08 Å². The van der Waals surface area contributed by atoms with Gasteiger partial charge in [-0.2, -0.15) is 0 Å². The first-order valence-electron chi connectivity index (χ1n) is 8.57. The largest absolute Gasteiger partial charge is 0.454 e. The lowest BCUT2D eigenvalue weighted by molar-refractivity contribution is -0.117. The van der Waals surface area contributed by atoms with Crippen molar-refractivity contribution in [2.75, 3.05) is 6.79 Å². The van der Waals surface area contributed by atoms with Crippen LogP contribution in [-0.2, 0) is 4.79 Å². The minimum Gasteiger partial charge on any atom is -0.454 e. The maximum Gasteiger partial charge on any atom is 0.244 e. The van der Waals surface area contributed by atoms with Gasteiger partial charge in [0.2, 0.25) is 12.7 Å². The molecule has 2 aliphatic carbocycles. The Hall–Kier alpha value is -1.97. The smallest absolute Gasteiger partial charge is 0.244 e. The van der Waals surface area contributed by atoms with Crippen LogP contribution < -0.4 is 14.8 Å². The van der Waals surface area contributed by atoms with Crippen molar-refractivity contribution in [3.8, 4) is 11.5 Å². The summed E-state index contributed by atoms with van der Waals surface area (Å²) in [6.07, 6.45) is 8.84. The molecule has 23 heavy (non-hydrogen) atoms. The summed E-state index contributed by atoms with van der Waals surface area (Å²) >= 11 is 0. The van der Waals surface area contributed by atoms with Gasteiger partial charge in [-0.15, -0.1) is 0 Å². The first-order chi connectivity index (χ1) is 11.2. The van der Waals surface area contributed by atoms with Crippen molar-refractivity contribution < 1.29 is 14.3 Å². The molecule has 1 aromatic carbocycles. The number of hydrogen-bond donors (Lipinski definition) is 1. The standard InChI is InChI=1S/C19H23NO3/c1-12(16-9-14-2-5-15(16)8-14)20-19(21)7-4-13-3-6-17-18(10-13)23-11-22-17/h3-4,6-7,10,12,14-16H,2,5,8-9,11H2,1H3,(H,20,21)/b7-4+/t12-,14-,15-,16+/m1/s1. The predicted octanol–water partition coefficient (Wildman–Crippen LogP) is 3.37. The summed E-state index contributed by atoms with van der Waals surface area (Å²) in [5, 5.41) is 3.15. The molecule has 1 N–H and O–H groups in total. The SMILES string of the molecule is C[C@@H](NC(=O)/C=C/c1ccc2c(c1)OCO2)[C@@H]1C[C@@H]2CC[C@@H]1C2. The van der Waals surface area contributed by atoms with E-state index in [0.717, 1.165) is 28.9 Å². The van der Waals surface area contributed by atoms with Crippen molar-refractivity contribution >= 4 is 12.0 Å². The minimum atomic E-state index is -0.0158. The van der Waals surface area contributed by atoms with Gasteiger partial charge in [0.25, 0.3) is 0 Å². The first-order valence-corrected chi connectivity index (χ1v) is 8.57. The molecule has 4 nitrogen and oxygen atoms in total. The van der Waals surface area contributed by atoms with Gasteiger partial charge in [-0.3, -0.25) is 4.79 Å². The highest BCUT2D eigenvalue weighted by atomic mass is 16.7. The van der Waals surface area contributed by atoms with Gasteiger partial charge in [0.1, 0.15) is 0 Å². The van der Waals surface area contributed by atoms with Crippen LogP contribution in [0.1, 0.15) is 38.2 Å². The van der Waals surface area contributed by atoms with Gasteiger partial charge in [0.15, 0.2) is 11.5 Å². The van der Waals surface area contributed by atoms with Gasteiger partial charge in [-0.25, -0.2) is 0 Å². The van der Waals surface area contributed by atoms with Crippen molar-refractivity contribution in [1.29, 1.82) is 0 Å². The molecule has 2 saturated carbocycles. The summed E-state index contributed by atoms with van der Waals surface area (Å²) in [4.78, 5) is 12.2. The van der Waals surface area contributed by atoms with Crippen molar-refractivity contribution in [2.24, 2.45) is 17.8 Å². The third-order valence-corrected chi connectivity index (χ3v) is 5.63. The molecule has 0 unspecified atom stereocenters. The highest BCUT2D eigenvalue weighted by Crippen LogP contribution is 2.49. The van der Waals surface area contributed by atoms with E-state index in [1.54, 1.807) is 6.08 Å². The van der Waals surface area contributed by atoms with Crippen LogP contribution in [0.4, 0.5) is 0 Å². The molecule has 122 valence electrons. The van der Waals surface area contributed by atoms with Crippen molar-refractivity contribution in [3.63, 3.8) is 0 Å². The van der Waals surface area contributed by atoms with Crippen LogP contribution in [0.5, 0.6) is 11.5 Å². The Morgan fingerprint density at radius 1 is 1.26 bits per heavy atom. The zero-order valence-corrected chi connectivity index (χ0v) is 13.5. The van der Waals surface area contributed by atoms with E-state index in [-0.39, 0.29) is 18.7 Å². The Kier molecular flexibility index (Phi) is 3.76. The van der Waals surface area contributed by atoms with E-state index in [4.69, 9.17) is 9.47 Å². The zero-order chi connectivity index (χ0) is 15.8. The molecular weight excluding hydrogens is 290 g/mol. The van der Waals surface area contributed by atoms with Crippen molar-refractivity contribution in [3.05, 3.63) is 29.8 Å². The first kappa shape index (κ1) is 14.6. The maximum absolute atomic E-state index is 12.2. The van der Waals surface area contributed by atoms with Gasteiger partial charge >= 0.3 is 0 Å². The Bertz CT molecular complexity index is 640. The second-order valence-electron chi connectivity index (χ2n) is 7.08. The Morgan fingerprint density at radius 3 is 2.91 bits per heavy atom. The summed E-state index contributed by atoms with van der Waals surface area (Å²) in [6, 6.07) is 5.96. The van der Waals surface area contributed by atoms with Crippen LogP contribution in [0.2, 0.25) is 0 Å². The number of ether oxygens (including phenoxy) is 2. The van der Waals surface area contributed by atoms with Gasteiger partial charge in [0.05, 0.1) is 0 Å². The van der Waals surface area contributed by atoms with Crippen LogP contribution in [-0.4, -0.2) is 18.7 Å². The molecule has 4 atom stereocenters. The highest BCUT2D eigenvalue weighted by molar-refractivity contribution is 5.92. The van der Waals surface area contributed by atoms with Crippen LogP contribution in [0.15, 0.2) is 24.3 Å². The molecule has 4 rings (SSSR count). The Morgan fingerprint density at radius 2 is 2.13 bits per heavy atom. The minimum absolute atomic E-state index is 0.0158. The van der Waals surface area contributed by atoms with E-state index in [1.807, 2.05) is 24.3 Å². The van der Waals surface area contributed by atoms with Crippen LogP contribution >= 0.6 is 0 Å². The Balaban J connectivity index is 1.34. The molecular formula is C19H23NO3. The molecule has 2 bridgehead atoms. The van der Waals surface area contributed by atoms with E-state index < -0.39 is 0 Å². The number of rotatable bonds is 4. The molecule has 3 aliphatic rings. The van der Waals surface area contributed by atoms with Gasteiger partial charge in [-0.1, -0.05) is 12.5 Å². The highest BCUT2D eigenvalue weighted by Gasteiger charge is 2.41. The summed E-state index contributed by atoms with van der Waals surface area (Å²) in [5.74, 6) is 3.88. The van der Waals surface area contributed by atoms with Crippen molar-refractivity contribution in [2.45, 2.75) is 38.6 Å². The second-order valence-corrected chi connectivity index (χ2v) is 7.08. The second kappa shape index (κ2) is 5.91. The van der Waals surface area contributed by atoms with E-state index in [9.17, 15) is 4.79 Å². The topological polar surface area (TPSA) is 47.6 Å². The number of amides is 1. The summed E-state index contributed by atoms with van der Waals surface area (Å²) < 4.78 is 10.6. The molecule has 0 aromatic heterocycles. The van der Waals surface area contributed by atoms with E-state index in [1.165, 1.54) is 25.7 Å². The monoisotopic (exact) mass is 313 g/mol. The lowest BCUT2D eigenvalue weighted by Crippen LogP contribution is -2.39. The Labute approximate surface area is 136 Å². The summed E-state index contributed by atoms with van der Waals surface area (Å²) in [6.45, 7) is 2.42. The van der Waals surface area contributed by atoms with Crippen LogP contribution in [0.3, 0.4) is 0 Å². The molecule has 0 saturated heterocycles. The quantitative estimate of drug-likeness (QED) is 0.867. The molecule has 0 spiro atoms. The number of hydrogen-bond acceptors (Lipinski definition) is 3. The third kappa shape index (κ3) is 2.94. The number of benzene rings is 1. The molecule has 0 radical (unpaired) electrons. The van der Waals surface area contributed by atoms with Crippen LogP contribution in [0, 0.1) is 17.8 Å². The van der Waals surface area contributed by atoms with E-state index >= 15 is 0 Å². The number of carbonyl (C=O) groups excluding carboxylic acids is 1. The normalized spacial score (nSPS) is 29.2. The lowest BCUT2D eigenvalue weighted by Gasteiger charge is -2.28. The molecule has 2 fully saturated rings. The fourth-order valence-corrected chi connectivity index (χ4v) is 4.47. The molecule has 1 aliphatic heterocycles. The van der Waals surface area contributed by atoms with Crippen molar-refractivity contribution in [1.82, 2.24) is 5.32 Å². The lowest BCUT2D eigenvalue weighted by atomic mass is 9.84. The third-order valence-electron chi connectivity index (χ3n) is 5.63. The van der Waals surface area contributed by atoms with Gasteiger partial charge < -0.3 is 14.8 Å². The average molecular weight is 313 g/mol. The number of nitrogens with one attached hydrogen (secondary N) is 1. The van der Waals surface area contributed by atoms with Gasteiger partial charge in [0, 0.05) is 12.1 Å². The molecule has 1 heterocycles. The summed E-state index contributed by atoms with van der Waals surface area (Å²) in [7, 11) is 0. The molecule has 4 heteroatoms. The number of carbonyl (C=O) groups is 1. The zero-order valence-electron chi connectivity index (χ0n) is 13.5. The summed E-state index contributed by atoms with van der Waals surface area (Å²) in [5.41, 5.74) is 0.942.